The van der Waals surface area contributed by atoms with Crippen LogP contribution in [0, 0.1) is 0 Å². The zero-order valence-corrected chi connectivity index (χ0v) is 9.39. The van der Waals surface area contributed by atoms with Gasteiger partial charge >= 0.3 is 0 Å². The molecule has 1 N–H and O–H groups in total. The molecule has 15 heavy (non-hydrogen) atoms. The van der Waals surface area contributed by atoms with Crippen molar-refractivity contribution in [3.63, 3.8) is 0 Å². The molecule has 1 fully saturated rings. The summed E-state index contributed by atoms with van der Waals surface area (Å²) >= 11 is 0. The highest BCUT2D eigenvalue weighted by Crippen LogP contribution is 2.23. The fourth-order valence-corrected chi connectivity index (χ4v) is 1.91. The summed E-state index contributed by atoms with van der Waals surface area (Å²) in [6.07, 6.45) is 0.540. The molecule has 1 saturated heterocycles. The molecule has 0 amide bonds. The second-order valence-electron chi connectivity index (χ2n) is 4.83. The van der Waals surface area contributed by atoms with Crippen molar-refractivity contribution >= 4 is 0 Å². The van der Waals surface area contributed by atoms with Crippen LogP contribution in [0.4, 0.5) is 4.39 Å². The Kier molecular flexibility index (Phi) is 2.79. The Bertz CT molecular complexity index is 325. The molecule has 0 saturated carbocycles. The number of benzene rings is 1. The van der Waals surface area contributed by atoms with Gasteiger partial charge in [0.15, 0.2) is 0 Å². The van der Waals surface area contributed by atoms with Crippen molar-refractivity contribution in [2.24, 2.45) is 0 Å². The Morgan fingerprint density at radius 2 is 1.87 bits per heavy atom. The van der Waals surface area contributed by atoms with Gasteiger partial charge in [-0.1, -0.05) is 38.1 Å². The average Bonchev–Trinajstić information content (AvgIpc) is 2.16. The van der Waals surface area contributed by atoms with Crippen LogP contribution >= 0.6 is 0 Å². The monoisotopic (exact) mass is 207 g/mol. The normalized spacial score (nSPS) is 18.9. The van der Waals surface area contributed by atoms with E-state index in [4.69, 9.17) is 0 Å². The molecule has 1 aromatic rings. The molecule has 0 aliphatic carbocycles. The molecule has 2 rings (SSSR count). The summed E-state index contributed by atoms with van der Waals surface area (Å²) in [5.41, 5.74) is 1.42. The van der Waals surface area contributed by atoms with E-state index < -0.39 is 5.67 Å². The van der Waals surface area contributed by atoms with Crippen LogP contribution < -0.4 is 5.32 Å². The second kappa shape index (κ2) is 3.93. The molecule has 82 valence electrons. The van der Waals surface area contributed by atoms with Crippen LogP contribution in [0.5, 0.6) is 0 Å². The first-order valence-electron chi connectivity index (χ1n) is 5.58. The number of nitrogens with one attached hydrogen (secondary N) is 1. The first kappa shape index (κ1) is 10.6. The molecule has 0 bridgehead atoms. The summed E-state index contributed by atoms with van der Waals surface area (Å²) in [5, 5.41) is 2.98. The number of alkyl halides is 1. The molecular weight excluding hydrogens is 189 g/mol. The van der Waals surface area contributed by atoms with E-state index in [0.717, 1.165) is 5.56 Å². The van der Waals surface area contributed by atoms with Crippen molar-refractivity contribution in [1.29, 1.82) is 0 Å². The van der Waals surface area contributed by atoms with E-state index in [1.807, 2.05) is 0 Å². The Morgan fingerprint density at radius 3 is 2.27 bits per heavy atom. The van der Waals surface area contributed by atoms with Crippen LogP contribution in [0.3, 0.4) is 0 Å². The van der Waals surface area contributed by atoms with Gasteiger partial charge < -0.3 is 5.32 Å². The highest BCUT2D eigenvalue weighted by atomic mass is 19.1. The minimum atomic E-state index is -1.00. The average molecular weight is 207 g/mol. The lowest BCUT2D eigenvalue weighted by Gasteiger charge is -2.35. The van der Waals surface area contributed by atoms with Crippen molar-refractivity contribution in [3.05, 3.63) is 35.4 Å². The molecule has 1 aromatic carbocycles. The van der Waals surface area contributed by atoms with Crippen LogP contribution in [0.2, 0.25) is 0 Å². The maximum Gasteiger partial charge on any atom is 0.139 e. The number of rotatable bonds is 3. The van der Waals surface area contributed by atoms with E-state index >= 15 is 0 Å². The maximum absolute atomic E-state index is 13.8. The van der Waals surface area contributed by atoms with Gasteiger partial charge in [-0.25, -0.2) is 4.39 Å². The van der Waals surface area contributed by atoms with Gasteiger partial charge in [0.2, 0.25) is 0 Å². The molecular formula is C13H18FN. The fourth-order valence-electron chi connectivity index (χ4n) is 1.91. The largest absolute Gasteiger partial charge is 0.310 e. The minimum Gasteiger partial charge on any atom is -0.310 e. The Labute approximate surface area is 90.7 Å². The summed E-state index contributed by atoms with van der Waals surface area (Å²) in [7, 11) is 0. The van der Waals surface area contributed by atoms with E-state index in [1.165, 1.54) is 5.56 Å². The number of hydrogen-bond acceptors (Lipinski definition) is 1. The molecule has 1 aliphatic heterocycles. The summed E-state index contributed by atoms with van der Waals surface area (Å²) in [4.78, 5) is 0. The lowest BCUT2D eigenvalue weighted by Crippen LogP contribution is -2.57. The predicted octanol–water partition coefficient (Wildman–Crippen LogP) is 2.66. The van der Waals surface area contributed by atoms with Crippen LogP contribution in [0.25, 0.3) is 0 Å². The van der Waals surface area contributed by atoms with Crippen LogP contribution in [0.1, 0.15) is 30.9 Å². The topological polar surface area (TPSA) is 12.0 Å². The van der Waals surface area contributed by atoms with E-state index in [-0.39, 0.29) is 0 Å². The summed E-state index contributed by atoms with van der Waals surface area (Å²) in [5.74, 6) is 0.545. The molecule has 0 unspecified atom stereocenters. The van der Waals surface area contributed by atoms with Gasteiger partial charge in [-0.2, -0.15) is 0 Å². The lowest BCUT2D eigenvalue weighted by molar-refractivity contribution is 0.0912. The number of halogens is 1. The van der Waals surface area contributed by atoms with Gasteiger partial charge in [-0.05, 0) is 17.0 Å². The third-order valence-corrected chi connectivity index (χ3v) is 3.05. The zero-order chi connectivity index (χ0) is 10.9. The summed E-state index contributed by atoms with van der Waals surface area (Å²) in [6, 6.07) is 8.31. The van der Waals surface area contributed by atoms with Gasteiger partial charge in [0.1, 0.15) is 5.67 Å². The summed E-state index contributed by atoms with van der Waals surface area (Å²) in [6.45, 7) is 5.33. The van der Waals surface area contributed by atoms with E-state index in [2.05, 4.69) is 43.4 Å². The van der Waals surface area contributed by atoms with E-state index in [9.17, 15) is 4.39 Å². The third-order valence-electron chi connectivity index (χ3n) is 3.05. The minimum absolute atomic E-state index is 0.499. The smallest absolute Gasteiger partial charge is 0.139 e. The Hall–Kier alpha value is -0.890. The molecule has 2 heteroatoms. The van der Waals surface area contributed by atoms with Crippen LogP contribution in [-0.2, 0) is 6.42 Å². The molecule has 0 spiro atoms. The van der Waals surface area contributed by atoms with Gasteiger partial charge in [-0.15, -0.1) is 0 Å². The lowest BCUT2D eigenvalue weighted by atomic mass is 9.90. The standard InChI is InChI=1S/C13H18FN/c1-10(2)12-5-3-11(4-6-12)7-13(14)8-15-9-13/h3-6,10,15H,7-9H2,1-2H3. The first-order chi connectivity index (χ1) is 7.09. The summed E-state index contributed by atoms with van der Waals surface area (Å²) < 4.78 is 13.8. The van der Waals surface area contributed by atoms with Crippen molar-refractivity contribution in [1.82, 2.24) is 5.32 Å². The first-order valence-corrected chi connectivity index (χ1v) is 5.58. The second-order valence-corrected chi connectivity index (χ2v) is 4.83. The van der Waals surface area contributed by atoms with Crippen LogP contribution in [-0.4, -0.2) is 18.8 Å². The molecule has 0 atom stereocenters. The van der Waals surface area contributed by atoms with Gasteiger partial charge in [0, 0.05) is 19.5 Å². The van der Waals surface area contributed by atoms with Gasteiger partial charge in [-0.3, -0.25) is 0 Å². The molecule has 0 aromatic heterocycles. The molecule has 0 radical (unpaired) electrons. The van der Waals surface area contributed by atoms with Gasteiger partial charge in [0.05, 0.1) is 0 Å². The van der Waals surface area contributed by atoms with Crippen molar-refractivity contribution < 1.29 is 4.39 Å². The van der Waals surface area contributed by atoms with Crippen LogP contribution in [0.15, 0.2) is 24.3 Å². The highest BCUT2D eigenvalue weighted by molar-refractivity contribution is 5.26. The molecule has 1 nitrogen and oxygen atoms in total. The number of hydrogen-bond donors (Lipinski definition) is 1. The van der Waals surface area contributed by atoms with Crippen molar-refractivity contribution in [3.8, 4) is 0 Å². The molecule has 1 heterocycles. The Morgan fingerprint density at radius 1 is 1.27 bits per heavy atom. The fraction of sp³-hybridized carbons (Fsp3) is 0.538. The SMILES string of the molecule is CC(C)c1ccc(CC2(F)CNC2)cc1. The molecule has 1 aliphatic rings. The zero-order valence-electron chi connectivity index (χ0n) is 9.39. The van der Waals surface area contributed by atoms with Crippen molar-refractivity contribution in [2.45, 2.75) is 31.9 Å². The Balaban J connectivity index is 2.04. The van der Waals surface area contributed by atoms with E-state index in [1.54, 1.807) is 0 Å². The quantitative estimate of drug-likeness (QED) is 0.803. The highest BCUT2D eigenvalue weighted by Gasteiger charge is 2.36. The third kappa shape index (κ3) is 2.37. The van der Waals surface area contributed by atoms with Gasteiger partial charge in [0.25, 0.3) is 0 Å². The van der Waals surface area contributed by atoms with Crippen molar-refractivity contribution in [2.75, 3.05) is 13.1 Å². The maximum atomic E-state index is 13.8. The van der Waals surface area contributed by atoms with E-state index in [0.29, 0.717) is 25.4 Å². The predicted molar refractivity (Wildman–Crippen MR) is 60.9 cm³/mol.